The smallest absolute Gasteiger partial charge is 0.416 e. The summed E-state index contributed by atoms with van der Waals surface area (Å²) in [7, 11) is 1.43. The number of anilines is 2. The van der Waals surface area contributed by atoms with Gasteiger partial charge in [0.15, 0.2) is 0 Å². The van der Waals surface area contributed by atoms with Crippen molar-refractivity contribution in [1.29, 1.82) is 5.41 Å². The minimum Gasteiger partial charge on any atom is -0.473 e. The molecule has 3 rings (SSSR count). The van der Waals surface area contributed by atoms with Crippen LogP contribution < -0.4 is 5.32 Å². The molecule has 2 heterocycles. The van der Waals surface area contributed by atoms with Gasteiger partial charge in [-0.3, -0.25) is 5.41 Å². The molecule has 6 nitrogen and oxygen atoms in total. The maximum Gasteiger partial charge on any atom is 0.416 e. The molecule has 1 aliphatic heterocycles. The van der Waals surface area contributed by atoms with E-state index in [2.05, 4.69) is 16.9 Å². The van der Waals surface area contributed by atoms with Crippen LogP contribution in [0.15, 0.2) is 61.6 Å². The van der Waals surface area contributed by atoms with Gasteiger partial charge >= 0.3 is 12.4 Å². The summed E-state index contributed by atoms with van der Waals surface area (Å²) >= 11 is 0. The highest BCUT2D eigenvalue weighted by Crippen LogP contribution is 2.32. The van der Waals surface area contributed by atoms with Crippen LogP contribution in [-0.2, 0) is 23.8 Å². The molecule has 0 spiro atoms. The van der Waals surface area contributed by atoms with Crippen molar-refractivity contribution in [3.8, 4) is 0 Å². The van der Waals surface area contributed by atoms with Crippen molar-refractivity contribution in [3.05, 3.63) is 84.2 Å². The molecule has 0 amide bonds. The fourth-order valence-electron chi connectivity index (χ4n) is 3.82. The maximum atomic E-state index is 13.1. The molecular formula is C31H41F6N5O. The van der Waals surface area contributed by atoms with E-state index in [4.69, 9.17) is 15.1 Å². The molecule has 0 saturated carbocycles. The van der Waals surface area contributed by atoms with Gasteiger partial charge in [-0.25, -0.2) is 9.97 Å². The van der Waals surface area contributed by atoms with E-state index in [9.17, 15) is 26.3 Å². The number of aromatic nitrogens is 2. The molecule has 1 atom stereocenters. The van der Waals surface area contributed by atoms with E-state index in [-0.39, 0.29) is 18.9 Å². The third-order valence-corrected chi connectivity index (χ3v) is 6.11. The summed E-state index contributed by atoms with van der Waals surface area (Å²) in [5.74, 6) is -2.01. The number of nitrogens with zero attached hydrogens (tertiary/aromatic N) is 3. The maximum absolute atomic E-state index is 13.1. The third kappa shape index (κ3) is 11.4. The fourth-order valence-corrected chi connectivity index (χ4v) is 3.82. The molecule has 1 unspecified atom stereocenters. The van der Waals surface area contributed by atoms with Crippen LogP contribution >= 0.6 is 0 Å². The second kappa shape index (κ2) is 17.3. The highest BCUT2D eigenvalue weighted by molar-refractivity contribution is 5.81. The van der Waals surface area contributed by atoms with E-state index >= 15 is 0 Å². The number of halogens is 6. The second-order valence-corrected chi connectivity index (χ2v) is 9.35. The lowest BCUT2D eigenvalue weighted by Crippen LogP contribution is -2.39. The quantitative estimate of drug-likeness (QED) is 0.128. The summed E-state index contributed by atoms with van der Waals surface area (Å²) in [6.07, 6.45) is 0.624. The Bertz CT molecular complexity index is 1210. The molecule has 2 N–H and O–H groups in total. The van der Waals surface area contributed by atoms with Crippen LogP contribution in [0, 0.1) is 11.3 Å². The Morgan fingerprint density at radius 3 is 2.12 bits per heavy atom. The Hall–Kier alpha value is -3.83. The Balaban J connectivity index is 0.00000174. The first-order valence-electron chi connectivity index (χ1n) is 14.0. The van der Waals surface area contributed by atoms with Gasteiger partial charge in [-0.2, -0.15) is 26.3 Å². The molecule has 0 bridgehead atoms. The minimum atomic E-state index is -4.53. The average Bonchev–Trinajstić information content (AvgIpc) is 2.97. The summed E-state index contributed by atoms with van der Waals surface area (Å²) in [5.41, 5.74) is 0.901. The topological polar surface area (TPSA) is 74.1 Å². The summed E-state index contributed by atoms with van der Waals surface area (Å²) in [4.78, 5) is 10.6. The number of benzene rings is 1. The molecule has 0 radical (unpaired) electrons. The first-order valence-corrected chi connectivity index (χ1v) is 14.0. The summed E-state index contributed by atoms with van der Waals surface area (Å²) in [6.45, 7) is 12.2. The van der Waals surface area contributed by atoms with Crippen molar-refractivity contribution in [2.45, 2.75) is 72.2 Å². The van der Waals surface area contributed by atoms with Crippen molar-refractivity contribution in [1.82, 2.24) is 14.9 Å². The Morgan fingerprint density at radius 1 is 1.07 bits per heavy atom. The minimum absolute atomic E-state index is 0.103. The Kier molecular flexibility index (Phi) is 15.0. The number of ether oxygens (including phenoxy) is 1. The largest absolute Gasteiger partial charge is 0.473 e. The molecular weight excluding hydrogens is 572 g/mol. The number of nitrogens with one attached hydrogen (secondary N) is 2. The standard InChI is InChI=1S/C26H29F6N5O.C3H6.C2H6/c1-4-5-20-21(10-13-37(3)22(33)16(2)25(27,28)29)35-23(17-11-14-38-15-12-17)36-24(20)34-19-8-6-18(7-9-19)26(30,31)32;1-3-2;1-2/h6-9,11-12,14-17,33H,4-5,10,13H2,1-3H3,(H,34,35,36);3H,1H2,2H3;1-2H3. The van der Waals surface area contributed by atoms with Gasteiger partial charge in [0.05, 0.1) is 29.7 Å². The van der Waals surface area contributed by atoms with E-state index in [1.54, 1.807) is 18.2 Å². The summed E-state index contributed by atoms with van der Waals surface area (Å²) < 4.78 is 83.4. The van der Waals surface area contributed by atoms with Crippen LogP contribution in [-0.4, -0.2) is 40.5 Å². The van der Waals surface area contributed by atoms with Crippen molar-refractivity contribution in [3.63, 3.8) is 0 Å². The van der Waals surface area contributed by atoms with Crippen LogP contribution in [0.25, 0.3) is 0 Å². The number of hydrogen-bond acceptors (Lipinski definition) is 5. The van der Waals surface area contributed by atoms with Gasteiger partial charge in [-0.15, -0.1) is 6.58 Å². The van der Waals surface area contributed by atoms with Gasteiger partial charge in [0.2, 0.25) is 0 Å². The molecule has 2 aromatic rings. The summed E-state index contributed by atoms with van der Waals surface area (Å²) in [5, 5.41) is 11.1. The second-order valence-electron chi connectivity index (χ2n) is 9.35. The Labute approximate surface area is 250 Å². The molecule has 0 fully saturated rings. The lowest BCUT2D eigenvalue weighted by Gasteiger charge is -2.26. The zero-order chi connectivity index (χ0) is 32.8. The van der Waals surface area contributed by atoms with Crippen LogP contribution in [0.2, 0.25) is 0 Å². The summed E-state index contributed by atoms with van der Waals surface area (Å²) in [6, 6.07) is 4.55. The molecule has 12 heteroatoms. The number of alkyl halides is 6. The van der Waals surface area contributed by atoms with Crippen molar-refractivity contribution >= 4 is 17.3 Å². The first kappa shape index (κ1) is 37.2. The molecule has 43 heavy (non-hydrogen) atoms. The fraction of sp³-hybridized carbons (Fsp3) is 0.452. The van der Waals surface area contributed by atoms with E-state index in [1.165, 1.54) is 36.6 Å². The molecule has 1 aromatic heterocycles. The third-order valence-electron chi connectivity index (χ3n) is 6.11. The molecule has 0 saturated heterocycles. The zero-order valence-corrected chi connectivity index (χ0v) is 25.4. The monoisotopic (exact) mass is 613 g/mol. The van der Waals surface area contributed by atoms with E-state index in [0.29, 0.717) is 41.4 Å². The normalized spacial score (nSPS) is 13.5. The van der Waals surface area contributed by atoms with Gasteiger partial charge < -0.3 is 15.0 Å². The number of likely N-dealkylation sites (N-methyl/N-ethyl adjacent to an activating group) is 1. The number of amidine groups is 1. The van der Waals surface area contributed by atoms with Crippen molar-refractivity contribution < 1.29 is 31.1 Å². The van der Waals surface area contributed by atoms with Gasteiger partial charge in [-0.05, 0) is 56.7 Å². The zero-order valence-electron chi connectivity index (χ0n) is 25.4. The van der Waals surface area contributed by atoms with E-state index < -0.39 is 29.7 Å². The molecule has 1 aromatic carbocycles. The van der Waals surface area contributed by atoms with Crippen LogP contribution in [0.5, 0.6) is 0 Å². The lowest BCUT2D eigenvalue weighted by molar-refractivity contribution is -0.153. The van der Waals surface area contributed by atoms with E-state index in [0.717, 1.165) is 19.1 Å². The van der Waals surface area contributed by atoms with Gasteiger partial charge in [-0.1, -0.05) is 33.3 Å². The van der Waals surface area contributed by atoms with Crippen molar-refractivity contribution in [2.75, 3.05) is 18.9 Å². The van der Waals surface area contributed by atoms with Crippen molar-refractivity contribution in [2.24, 2.45) is 5.92 Å². The molecule has 0 aliphatic carbocycles. The predicted octanol–water partition coefficient (Wildman–Crippen LogP) is 9.20. The van der Waals surface area contributed by atoms with Crippen LogP contribution in [0.4, 0.5) is 37.8 Å². The van der Waals surface area contributed by atoms with Crippen LogP contribution in [0.1, 0.15) is 69.6 Å². The SMILES string of the molecule is C=CC.CC.CCCc1c(CCN(C)C(=N)C(C)C(F)(F)F)nc(C2C=COC=C2)nc1Nc1ccc(C(F)(F)F)cc1. The van der Waals surface area contributed by atoms with Gasteiger partial charge in [0.1, 0.15) is 23.4 Å². The van der Waals surface area contributed by atoms with Gasteiger partial charge in [0, 0.05) is 31.3 Å². The number of hydrogen-bond donors (Lipinski definition) is 2. The van der Waals surface area contributed by atoms with E-state index in [1.807, 2.05) is 27.7 Å². The number of allylic oxidation sites excluding steroid dienone is 3. The van der Waals surface area contributed by atoms with Crippen LogP contribution in [0.3, 0.4) is 0 Å². The highest BCUT2D eigenvalue weighted by Gasteiger charge is 2.40. The number of rotatable bonds is 9. The first-order chi connectivity index (χ1) is 20.2. The highest BCUT2D eigenvalue weighted by atomic mass is 19.4. The Morgan fingerprint density at radius 2 is 1.63 bits per heavy atom. The molecule has 238 valence electrons. The lowest BCUT2D eigenvalue weighted by atomic mass is 10.0. The molecule has 1 aliphatic rings. The predicted molar refractivity (Wildman–Crippen MR) is 159 cm³/mol. The average molecular weight is 614 g/mol. The van der Waals surface area contributed by atoms with Gasteiger partial charge in [0.25, 0.3) is 0 Å².